The maximum atomic E-state index is 2.61. The summed E-state index contributed by atoms with van der Waals surface area (Å²) >= 11 is 0. The summed E-state index contributed by atoms with van der Waals surface area (Å²) in [6.45, 7) is 16.1. The minimum atomic E-state index is -0.0334. The lowest BCUT2D eigenvalue weighted by molar-refractivity contribution is 0.591. The molecule has 12 rings (SSSR count). The molecule has 0 radical (unpaired) electrons. The van der Waals surface area contributed by atoms with E-state index in [0.29, 0.717) is 0 Å². The molecule has 0 unspecified atom stereocenters. The molecule has 0 bridgehead atoms. The van der Waals surface area contributed by atoms with Crippen LogP contribution in [0.2, 0.25) is 0 Å². The van der Waals surface area contributed by atoms with Crippen LogP contribution in [0.5, 0.6) is 0 Å². The molecule has 0 aliphatic carbocycles. The van der Waals surface area contributed by atoms with Crippen molar-refractivity contribution in [3.63, 3.8) is 0 Å². The highest BCUT2D eigenvalue weighted by molar-refractivity contribution is 6.29. The maximum Gasteiger partial charge on any atom is 0.0575 e. The van der Waals surface area contributed by atoms with Crippen LogP contribution in [0.15, 0.2) is 237 Å². The monoisotopic (exact) mass is 952 g/mol. The van der Waals surface area contributed by atoms with Crippen molar-refractivity contribution in [1.82, 2.24) is 0 Å². The third-order valence-electron chi connectivity index (χ3n) is 15.4. The summed E-state index contributed by atoms with van der Waals surface area (Å²) in [5, 5.41) is 7.42. The highest BCUT2D eigenvalue weighted by atomic mass is 15.2. The Morgan fingerprint density at radius 3 is 1.00 bits per heavy atom. The van der Waals surface area contributed by atoms with E-state index in [-0.39, 0.29) is 5.41 Å². The Balaban J connectivity index is 1.29. The zero-order valence-corrected chi connectivity index (χ0v) is 43.4. The molecule has 0 fully saturated rings. The lowest BCUT2D eigenvalue weighted by atomic mass is 9.83. The van der Waals surface area contributed by atoms with Crippen molar-refractivity contribution in [3.05, 3.63) is 264 Å². The predicted octanol–water partition coefficient (Wildman–Crippen LogP) is 20.7. The second kappa shape index (κ2) is 18.7. The van der Waals surface area contributed by atoms with E-state index in [0.717, 1.165) is 34.1 Å². The zero-order chi connectivity index (χ0) is 50.7. The molecule has 74 heavy (non-hydrogen) atoms. The number of nitrogens with zero attached hydrogens (tertiary/aromatic N) is 2. The Labute approximate surface area is 436 Å². The van der Waals surface area contributed by atoms with Gasteiger partial charge in [-0.25, -0.2) is 0 Å². The number of benzene rings is 12. The second-order valence-corrected chi connectivity index (χ2v) is 21.0. The first kappa shape index (κ1) is 46.4. The fraction of sp³-hybridized carbons (Fsp3) is 0.111. The van der Waals surface area contributed by atoms with Gasteiger partial charge in [0.15, 0.2) is 0 Å². The third kappa shape index (κ3) is 7.99. The van der Waals surface area contributed by atoms with Gasteiger partial charge in [0, 0.05) is 38.7 Å². The largest absolute Gasteiger partial charge is 0.309 e. The van der Waals surface area contributed by atoms with Gasteiger partial charge >= 0.3 is 0 Å². The van der Waals surface area contributed by atoms with Crippen molar-refractivity contribution in [2.24, 2.45) is 0 Å². The fourth-order valence-corrected chi connectivity index (χ4v) is 11.6. The first-order valence-electron chi connectivity index (χ1n) is 26.0. The normalized spacial score (nSPS) is 11.7. The van der Waals surface area contributed by atoms with Gasteiger partial charge in [0.25, 0.3) is 0 Å². The fourth-order valence-electron chi connectivity index (χ4n) is 11.6. The van der Waals surface area contributed by atoms with E-state index in [1.807, 2.05) is 0 Å². The summed E-state index contributed by atoms with van der Waals surface area (Å²) in [6.07, 6.45) is 0. The van der Waals surface area contributed by atoms with Crippen molar-refractivity contribution in [3.8, 4) is 44.5 Å². The topological polar surface area (TPSA) is 6.48 Å². The summed E-state index contributed by atoms with van der Waals surface area (Å²) in [4.78, 5) is 5.22. The maximum absolute atomic E-state index is 2.61. The molecule has 0 N–H and O–H groups in total. The van der Waals surface area contributed by atoms with E-state index < -0.39 is 0 Å². The SMILES string of the molecule is Cc1ccccc1N(c1c(-c2ccccc2)ccc(-c2ccccc2)c1C)c1cc(N(c2ccccc2C)c2c(-c3ccccc3)ccc(-c3ccccc3)c2C)c2ccc3cc(C(C)(C)C)cc4ccc1c2c43. The minimum absolute atomic E-state index is 0.0334. The number of aryl methyl sites for hydroxylation is 2. The average Bonchev–Trinajstić information content (AvgIpc) is 3.44. The lowest BCUT2D eigenvalue weighted by Crippen LogP contribution is -2.18. The van der Waals surface area contributed by atoms with Gasteiger partial charge in [-0.15, -0.1) is 0 Å². The number of para-hydroxylation sites is 2. The molecule has 0 aromatic heterocycles. The Kier molecular flexibility index (Phi) is 11.7. The van der Waals surface area contributed by atoms with Crippen molar-refractivity contribution >= 4 is 66.4 Å². The standard InChI is InChI=1S/C72H60N2/c1-47-24-20-22-34-64(47)73(70-49(3)58(51-26-12-8-13-27-51)40-42-60(70)53-30-16-10-17-31-53)66-46-67(63-39-37-56-45-57(72(5,6)7)44-55-36-38-62(66)69(63)68(55)56)74(65-35-23-21-25-48(65)2)71-50(4)59(52-28-14-9-15-29-52)41-43-61(71)54-32-18-11-19-33-54/h8-46H,1-7H3. The molecule has 0 saturated heterocycles. The molecule has 0 aliphatic rings. The van der Waals surface area contributed by atoms with Crippen molar-refractivity contribution < 1.29 is 0 Å². The number of hydrogen-bond acceptors (Lipinski definition) is 2. The number of rotatable bonds is 10. The lowest BCUT2D eigenvalue weighted by Gasteiger charge is -2.36. The molecule has 0 aliphatic heterocycles. The van der Waals surface area contributed by atoms with E-state index in [1.165, 1.54) is 105 Å². The van der Waals surface area contributed by atoms with Crippen LogP contribution < -0.4 is 9.80 Å². The zero-order valence-electron chi connectivity index (χ0n) is 43.4. The smallest absolute Gasteiger partial charge is 0.0575 e. The molecule has 2 heteroatoms. The Hall–Kier alpha value is -8.72. The number of anilines is 6. The van der Waals surface area contributed by atoms with Gasteiger partial charge in [-0.1, -0.05) is 239 Å². The van der Waals surface area contributed by atoms with Gasteiger partial charge in [-0.05, 0) is 129 Å². The van der Waals surface area contributed by atoms with Crippen molar-refractivity contribution in [1.29, 1.82) is 0 Å². The van der Waals surface area contributed by atoms with Crippen LogP contribution in [0.3, 0.4) is 0 Å². The Bertz CT molecular complexity index is 3770. The molecule has 0 atom stereocenters. The summed E-state index contributed by atoms with van der Waals surface area (Å²) in [5.41, 5.74) is 22.3. The summed E-state index contributed by atoms with van der Waals surface area (Å²) in [7, 11) is 0. The minimum Gasteiger partial charge on any atom is -0.309 e. The molecule has 12 aromatic rings. The molecule has 0 saturated carbocycles. The van der Waals surface area contributed by atoms with E-state index in [1.54, 1.807) is 0 Å². The van der Waals surface area contributed by atoms with Crippen LogP contribution in [0.4, 0.5) is 34.1 Å². The van der Waals surface area contributed by atoms with Gasteiger partial charge in [0.1, 0.15) is 0 Å². The summed E-state index contributed by atoms with van der Waals surface area (Å²) in [5.74, 6) is 0. The average molecular weight is 953 g/mol. The number of hydrogen-bond donors (Lipinski definition) is 0. The summed E-state index contributed by atoms with van der Waals surface area (Å²) < 4.78 is 0. The van der Waals surface area contributed by atoms with E-state index in [4.69, 9.17) is 0 Å². The first-order chi connectivity index (χ1) is 36.0. The highest BCUT2D eigenvalue weighted by Gasteiger charge is 2.31. The molecule has 0 heterocycles. The van der Waals surface area contributed by atoms with Crippen LogP contribution in [-0.2, 0) is 5.41 Å². The molecule has 358 valence electrons. The first-order valence-corrected chi connectivity index (χ1v) is 26.0. The van der Waals surface area contributed by atoms with Crippen molar-refractivity contribution in [2.45, 2.75) is 53.9 Å². The highest BCUT2D eigenvalue weighted by Crippen LogP contribution is 2.55. The summed E-state index contributed by atoms with van der Waals surface area (Å²) in [6, 6.07) is 87.8. The van der Waals surface area contributed by atoms with Crippen LogP contribution in [0.25, 0.3) is 76.8 Å². The van der Waals surface area contributed by atoms with E-state index in [9.17, 15) is 0 Å². The second-order valence-electron chi connectivity index (χ2n) is 21.0. The molecular weight excluding hydrogens is 893 g/mol. The Morgan fingerprint density at radius 2 is 0.635 bits per heavy atom. The molecule has 0 spiro atoms. The third-order valence-corrected chi connectivity index (χ3v) is 15.4. The molecule has 12 aromatic carbocycles. The molecule has 2 nitrogen and oxygen atoms in total. The van der Waals surface area contributed by atoms with E-state index >= 15 is 0 Å². The van der Waals surface area contributed by atoms with Crippen LogP contribution in [0, 0.1) is 27.7 Å². The van der Waals surface area contributed by atoms with Gasteiger partial charge < -0.3 is 9.80 Å². The van der Waals surface area contributed by atoms with Crippen LogP contribution >= 0.6 is 0 Å². The van der Waals surface area contributed by atoms with Crippen molar-refractivity contribution in [2.75, 3.05) is 9.80 Å². The molecular formula is C72H60N2. The van der Waals surface area contributed by atoms with Crippen LogP contribution in [-0.4, -0.2) is 0 Å². The quantitative estimate of drug-likeness (QED) is 0.126. The van der Waals surface area contributed by atoms with Crippen LogP contribution in [0.1, 0.15) is 48.6 Å². The van der Waals surface area contributed by atoms with Gasteiger partial charge in [-0.2, -0.15) is 0 Å². The molecule has 0 amide bonds. The van der Waals surface area contributed by atoms with Gasteiger partial charge in [0.2, 0.25) is 0 Å². The Morgan fingerprint density at radius 1 is 0.297 bits per heavy atom. The van der Waals surface area contributed by atoms with Gasteiger partial charge in [-0.3, -0.25) is 0 Å². The van der Waals surface area contributed by atoms with E-state index in [2.05, 4.69) is 295 Å². The predicted molar refractivity (Wildman–Crippen MR) is 319 cm³/mol. The van der Waals surface area contributed by atoms with Gasteiger partial charge in [0.05, 0.1) is 22.7 Å².